The largest absolute Gasteiger partial charge is 0.458 e. The molecule has 0 aromatic heterocycles. The van der Waals surface area contributed by atoms with Gasteiger partial charge in [0.05, 0.1) is 11.2 Å². The van der Waals surface area contributed by atoms with Gasteiger partial charge in [-0.3, -0.25) is 4.79 Å². The summed E-state index contributed by atoms with van der Waals surface area (Å²) in [5.74, 6) is -1.13. The molecule has 2 saturated heterocycles. The van der Waals surface area contributed by atoms with E-state index >= 15 is 0 Å². The highest BCUT2D eigenvalue weighted by atomic mass is 35.5. The maximum Gasteiger partial charge on any atom is 0.330 e. The molecule has 6 nitrogen and oxygen atoms in total. The van der Waals surface area contributed by atoms with Crippen LogP contribution in [0.4, 0.5) is 0 Å². The van der Waals surface area contributed by atoms with Crippen molar-refractivity contribution in [2.45, 2.75) is 36.4 Å². The molecule has 2 heterocycles. The van der Waals surface area contributed by atoms with Gasteiger partial charge in [0.1, 0.15) is 18.0 Å². The Morgan fingerprint density at radius 2 is 2.16 bits per heavy atom. The number of hydrogen-bond acceptors (Lipinski definition) is 5. The molecule has 0 spiro atoms. The summed E-state index contributed by atoms with van der Waals surface area (Å²) in [6.45, 7) is 6.01. The first-order valence-corrected chi connectivity index (χ1v) is 7.57. The molecule has 8 heteroatoms. The maximum absolute atomic E-state index is 12.2. The number of fused-ring (bicyclic) bond motifs is 1. The van der Waals surface area contributed by atoms with Gasteiger partial charge in [0.2, 0.25) is 5.91 Å². The lowest BCUT2D eigenvalue weighted by atomic mass is 9.98. The highest BCUT2D eigenvalue weighted by Gasteiger charge is 2.68. The second-order valence-corrected chi connectivity index (χ2v) is 8.36. The van der Waals surface area contributed by atoms with Gasteiger partial charge in [-0.05, 0) is 13.8 Å². The van der Waals surface area contributed by atoms with E-state index in [2.05, 4.69) is 6.58 Å². The Morgan fingerprint density at radius 1 is 1.58 bits per heavy atom. The predicted octanol–water partition coefficient (Wildman–Crippen LogP) is 0.416. The molecule has 0 aliphatic carbocycles. The van der Waals surface area contributed by atoms with Crippen molar-refractivity contribution in [1.29, 1.82) is 0 Å². The molecule has 2 aliphatic heterocycles. The third-order valence-corrected chi connectivity index (χ3v) is 6.48. The van der Waals surface area contributed by atoms with E-state index in [-0.39, 0.29) is 24.0 Å². The minimum atomic E-state index is -3.58. The van der Waals surface area contributed by atoms with Crippen LogP contribution in [0.3, 0.4) is 0 Å². The van der Waals surface area contributed by atoms with Gasteiger partial charge in [0, 0.05) is 5.03 Å². The van der Waals surface area contributed by atoms with Gasteiger partial charge in [0.25, 0.3) is 0 Å². The second kappa shape index (κ2) is 4.21. The lowest BCUT2D eigenvalue weighted by Gasteiger charge is -2.36. The number of β-lactam (4-membered cyclic amide) rings is 1. The molecule has 2 aliphatic rings. The molecule has 2 atom stereocenters. The molecule has 0 aromatic carbocycles. The van der Waals surface area contributed by atoms with Crippen LogP contribution in [-0.2, 0) is 24.2 Å². The molecule has 1 amide bonds. The van der Waals surface area contributed by atoms with Gasteiger partial charge in [0.15, 0.2) is 9.84 Å². The van der Waals surface area contributed by atoms with E-state index in [1.807, 2.05) is 0 Å². The van der Waals surface area contributed by atoms with Gasteiger partial charge < -0.3 is 9.64 Å². The number of halogens is 1. The number of sulfone groups is 1. The molecule has 0 unspecified atom stereocenters. The van der Waals surface area contributed by atoms with E-state index in [0.717, 1.165) is 4.90 Å². The Morgan fingerprint density at radius 3 is 2.63 bits per heavy atom. The molecule has 0 bridgehead atoms. The average molecular weight is 308 g/mol. The molecule has 0 radical (unpaired) electrons. The summed E-state index contributed by atoms with van der Waals surface area (Å²) in [6, 6.07) is -1.13. The van der Waals surface area contributed by atoms with Crippen molar-refractivity contribution in [2.24, 2.45) is 0 Å². The maximum atomic E-state index is 12.2. The van der Waals surface area contributed by atoms with Crippen molar-refractivity contribution in [3.05, 3.63) is 11.6 Å². The van der Waals surface area contributed by atoms with Crippen LogP contribution >= 0.6 is 11.6 Å². The third kappa shape index (κ3) is 1.87. The predicted molar refractivity (Wildman–Crippen MR) is 68.0 cm³/mol. The Balaban J connectivity index is 2.31. The number of hydrogen-bond donors (Lipinski definition) is 0. The van der Waals surface area contributed by atoms with Crippen molar-refractivity contribution >= 4 is 33.3 Å². The number of amides is 1. The fraction of sp³-hybridized carbons (Fsp3) is 0.636. The van der Waals surface area contributed by atoms with Crippen LogP contribution in [0, 0.1) is 0 Å². The average Bonchev–Trinajstić information content (AvgIpc) is 2.40. The summed E-state index contributed by atoms with van der Waals surface area (Å²) in [7, 11) is -3.58. The van der Waals surface area contributed by atoms with Crippen LogP contribution < -0.4 is 0 Å². The summed E-state index contributed by atoms with van der Waals surface area (Å²) in [5.41, 5.74) is 0. The van der Waals surface area contributed by atoms with Crippen LogP contribution in [0.15, 0.2) is 11.6 Å². The summed E-state index contributed by atoms with van der Waals surface area (Å²) >= 11 is 5.49. The minimum Gasteiger partial charge on any atom is -0.458 e. The van der Waals surface area contributed by atoms with E-state index in [0.29, 0.717) is 0 Å². The first kappa shape index (κ1) is 14.3. The van der Waals surface area contributed by atoms with Gasteiger partial charge in [-0.2, -0.15) is 0 Å². The Hall–Kier alpha value is -1.08. The van der Waals surface area contributed by atoms with Crippen LogP contribution in [0.2, 0.25) is 0 Å². The molecule has 0 saturated carbocycles. The first-order chi connectivity index (χ1) is 8.60. The second-order valence-electron chi connectivity index (χ2n) is 5.14. The number of carbonyl (C=O) groups is 2. The summed E-state index contributed by atoms with van der Waals surface area (Å²) in [5, 5.41) is -0.787. The number of nitrogens with zero attached hydrogens (tertiary/aromatic N) is 1. The fourth-order valence-corrected chi connectivity index (χ4v) is 4.61. The lowest BCUT2D eigenvalue weighted by molar-refractivity contribution is -0.160. The number of carbonyl (C=O) groups excluding carboxylic acids is 2. The normalized spacial score (nSPS) is 30.5. The van der Waals surface area contributed by atoms with Crippen LogP contribution in [0.25, 0.3) is 0 Å². The van der Waals surface area contributed by atoms with E-state index < -0.39 is 32.0 Å². The standard InChI is InChI=1S/C11H14ClNO5S/c1-6(12)5-18-10(15)9-11(2,3)19(16,17)8-4-7(14)13(8)9/h8-9H,1,4-5H2,2-3H3/t8-,9-/m1/s1. The molecule has 19 heavy (non-hydrogen) atoms. The van der Waals surface area contributed by atoms with Crippen LogP contribution in [-0.4, -0.2) is 48.0 Å². The summed E-state index contributed by atoms with van der Waals surface area (Å²) in [4.78, 5) is 24.7. The van der Waals surface area contributed by atoms with Gasteiger partial charge in [-0.25, -0.2) is 13.2 Å². The van der Waals surface area contributed by atoms with E-state index in [4.69, 9.17) is 16.3 Å². The van der Waals surface area contributed by atoms with Crippen molar-refractivity contribution in [3.63, 3.8) is 0 Å². The number of esters is 1. The van der Waals surface area contributed by atoms with Crippen LogP contribution in [0.5, 0.6) is 0 Å². The quantitative estimate of drug-likeness (QED) is 0.557. The molecule has 0 N–H and O–H groups in total. The molecule has 2 rings (SSSR count). The van der Waals surface area contributed by atoms with Gasteiger partial charge >= 0.3 is 5.97 Å². The Bertz CT molecular complexity index is 568. The molecule has 2 fully saturated rings. The number of ether oxygens (including phenoxy) is 1. The minimum absolute atomic E-state index is 0.0717. The molecule has 0 aromatic rings. The first-order valence-electron chi connectivity index (χ1n) is 5.65. The zero-order chi connectivity index (χ0) is 14.6. The van der Waals surface area contributed by atoms with Crippen molar-refractivity contribution < 1.29 is 22.7 Å². The number of rotatable bonds is 3. The van der Waals surface area contributed by atoms with E-state index in [1.165, 1.54) is 13.8 Å². The fourth-order valence-electron chi connectivity index (χ4n) is 2.44. The molecular formula is C11H14ClNO5S. The van der Waals surface area contributed by atoms with Crippen LogP contribution in [0.1, 0.15) is 20.3 Å². The third-order valence-electron chi connectivity index (χ3n) is 3.57. The highest BCUT2D eigenvalue weighted by molar-refractivity contribution is 7.93. The zero-order valence-electron chi connectivity index (χ0n) is 10.6. The van der Waals surface area contributed by atoms with Gasteiger partial charge in [-0.1, -0.05) is 18.2 Å². The SMILES string of the molecule is C=C(Cl)COC(=O)[C@H]1N2C(=O)C[C@H]2S(=O)(=O)C1(C)C. The van der Waals surface area contributed by atoms with Gasteiger partial charge in [-0.15, -0.1) is 0 Å². The monoisotopic (exact) mass is 307 g/mol. The lowest BCUT2D eigenvalue weighted by Crippen LogP contribution is -2.57. The molecular weight excluding hydrogens is 294 g/mol. The molecule has 106 valence electrons. The highest BCUT2D eigenvalue weighted by Crippen LogP contribution is 2.45. The van der Waals surface area contributed by atoms with Crippen molar-refractivity contribution in [1.82, 2.24) is 4.90 Å². The topological polar surface area (TPSA) is 80.8 Å². The Kier molecular flexibility index (Phi) is 3.17. The van der Waals surface area contributed by atoms with Crippen molar-refractivity contribution in [2.75, 3.05) is 6.61 Å². The summed E-state index contributed by atoms with van der Waals surface area (Å²) in [6.07, 6.45) is -0.0717. The zero-order valence-corrected chi connectivity index (χ0v) is 12.1. The van der Waals surface area contributed by atoms with E-state index in [1.54, 1.807) is 0 Å². The smallest absolute Gasteiger partial charge is 0.330 e. The Labute approximate surface area is 116 Å². The van der Waals surface area contributed by atoms with Crippen molar-refractivity contribution in [3.8, 4) is 0 Å². The summed E-state index contributed by atoms with van der Waals surface area (Å²) < 4.78 is 28.0. The van der Waals surface area contributed by atoms with E-state index in [9.17, 15) is 18.0 Å².